The quantitative estimate of drug-likeness (QED) is 0.853. The predicted molar refractivity (Wildman–Crippen MR) is 94.8 cm³/mol. The van der Waals surface area contributed by atoms with Crippen LogP contribution in [0.5, 0.6) is 0 Å². The van der Waals surface area contributed by atoms with Gasteiger partial charge in [-0.25, -0.2) is 0 Å². The van der Waals surface area contributed by atoms with Crippen molar-refractivity contribution in [2.24, 2.45) is 0 Å². The number of hydrogen-bond donors (Lipinski definition) is 0. The highest BCUT2D eigenvalue weighted by atomic mass is 16.5. The van der Waals surface area contributed by atoms with Gasteiger partial charge in [-0.15, -0.1) is 0 Å². The molecule has 1 aliphatic heterocycles. The maximum Gasteiger partial charge on any atom is 0.245 e. The molecule has 1 fully saturated rings. The first kappa shape index (κ1) is 17.6. The van der Waals surface area contributed by atoms with Crippen molar-refractivity contribution in [3.63, 3.8) is 0 Å². The fraction of sp³-hybridized carbons (Fsp3) is 0.526. The molecule has 0 spiro atoms. The minimum Gasteiger partial charge on any atom is -0.338 e. The standard InChI is InChI=1S/C19H25N5O/c1-14-21-18(25-22-14)17-12-24(10-9-23(17)4)11-15-7-5-6-8-16(15)19(2,3)13-20/h5-8,17H,9-12H2,1-4H3/t17-/m0/s1. The number of benzene rings is 1. The third-order valence-electron chi connectivity index (χ3n) is 4.92. The number of aryl methyl sites for hydroxylation is 1. The smallest absolute Gasteiger partial charge is 0.245 e. The minimum atomic E-state index is -0.494. The van der Waals surface area contributed by atoms with Gasteiger partial charge in [0.05, 0.1) is 11.5 Å². The zero-order valence-electron chi connectivity index (χ0n) is 15.4. The van der Waals surface area contributed by atoms with Crippen LogP contribution in [-0.2, 0) is 12.0 Å². The average molecular weight is 339 g/mol. The van der Waals surface area contributed by atoms with Crippen molar-refractivity contribution in [1.82, 2.24) is 19.9 Å². The Morgan fingerprint density at radius 3 is 2.76 bits per heavy atom. The van der Waals surface area contributed by atoms with Crippen LogP contribution in [0.1, 0.15) is 42.7 Å². The SMILES string of the molecule is Cc1noc([C@@H]2CN(Cc3ccccc3C(C)(C)C#N)CCN2C)n1. The molecule has 1 aromatic heterocycles. The van der Waals surface area contributed by atoms with Gasteiger partial charge >= 0.3 is 0 Å². The second kappa shape index (κ2) is 6.95. The summed E-state index contributed by atoms with van der Waals surface area (Å²) in [5.41, 5.74) is 1.81. The highest BCUT2D eigenvalue weighted by molar-refractivity contribution is 5.37. The van der Waals surface area contributed by atoms with E-state index in [1.54, 1.807) is 0 Å². The topological polar surface area (TPSA) is 69.2 Å². The second-order valence-electron chi connectivity index (χ2n) is 7.31. The van der Waals surface area contributed by atoms with Gasteiger partial charge in [0.25, 0.3) is 0 Å². The molecule has 1 atom stereocenters. The lowest BCUT2D eigenvalue weighted by molar-refractivity contribution is 0.0712. The molecule has 2 aromatic rings. The average Bonchev–Trinajstić information content (AvgIpc) is 3.03. The molecule has 1 saturated heterocycles. The van der Waals surface area contributed by atoms with E-state index in [-0.39, 0.29) is 6.04 Å². The lowest BCUT2D eigenvalue weighted by Crippen LogP contribution is -2.46. The maximum atomic E-state index is 9.51. The highest BCUT2D eigenvalue weighted by Gasteiger charge is 2.31. The summed E-state index contributed by atoms with van der Waals surface area (Å²) < 4.78 is 5.40. The lowest BCUT2D eigenvalue weighted by atomic mass is 9.83. The zero-order chi connectivity index (χ0) is 18.0. The van der Waals surface area contributed by atoms with Crippen LogP contribution in [-0.4, -0.2) is 46.6 Å². The van der Waals surface area contributed by atoms with E-state index in [1.807, 2.05) is 32.9 Å². The van der Waals surface area contributed by atoms with E-state index in [0.717, 1.165) is 31.7 Å². The molecule has 0 unspecified atom stereocenters. The molecule has 0 N–H and O–H groups in total. The molecule has 0 bridgehead atoms. The van der Waals surface area contributed by atoms with Crippen LogP contribution in [0.3, 0.4) is 0 Å². The predicted octanol–water partition coefficient (Wildman–Crippen LogP) is 2.67. The van der Waals surface area contributed by atoms with E-state index in [2.05, 4.69) is 45.2 Å². The van der Waals surface area contributed by atoms with Crippen LogP contribution in [0, 0.1) is 18.3 Å². The number of aromatic nitrogens is 2. The molecule has 6 heteroatoms. The first-order valence-electron chi connectivity index (χ1n) is 8.63. The molecule has 25 heavy (non-hydrogen) atoms. The van der Waals surface area contributed by atoms with E-state index >= 15 is 0 Å². The van der Waals surface area contributed by atoms with Gasteiger partial charge in [0.2, 0.25) is 5.89 Å². The molecular weight excluding hydrogens is 314 g/mol. The summed E-state index contributed by atoms with van der Waals surface area (Å²) >= 11 is 0. The van der Waals surface area contributed by atoms with Crippen LogP contribution in [0.25, 0.3) is 0 Å². The van der Waals surface area contributed by atoms with Gasteiger partial charge in [-0.2, -0.15) is 10.2 Å². The van der Waals surface area contributed by atoms with Crippen LogP contribution in [0.2, 0.25) is 0 Å². The summed E-state index contributed by atoms with van der Waals surface area (Å²) in [7, 11) is 2.09. The number of likely N-dealkylation sites (N-methyl/N-ethyl adjacent to an activating group) is 1. The number of piperazine rings is 1. The summed E-state index contributed by atoms with van der Waals surface area (Å²) in [6.07, 6.45) is 0. The van der Waals surface area contributed by atoms with Crippen molar-refractivity contribution in [2.75, 3.05) is 26.7 Å². The molecule has 1 aromatic carbocycles. The normalized spacial score (nSPS) is 19.7. The molecule has 0 aliphatic carbocycles. The molecule has 1 aliphatic rings. The van der Waals surface area contributed by atoms with Gasteiger partial charge < -0.3 is 4.52 Å². The largest absolute Gasteiger partial charge is 0.338 e. The van der Waals surface area contributed by atoms with Crippen molar-refractivity contribution in [1.29, 1.82) is 5.26 Å². The van der Waals surface area contributed by atoms with Gasteiger partial charge in [0.1, 0.15) is 6.04 Å². The summed E-state index contributed by atoms with van der Waals surface area (Å²) in [5.74, 6) is 1.34. The molecule has 132 valence electrons. The summed E-state index contributed by atoms with van der Waals surface area (Å²) in [5, 5.41) is 13.4. The number of rotatable bonds is 4. The van der Waals surface area contributed by atoms with Crippen molar-refractivity contribution in [3.8, 4) is 6.07 Å². The van der Waals surface area contributed by atoms with Crippen molar-refractivity contribution >= 4 is 0 Å². The van der Waals surface area contributed by atoms with Crippen LogP contribution in [0.15, 0.2) is 28.8 Å². The van der Waals surface area contributed by atoms with Gasteiger partial charge in [-0.05, 0) is 38.9 Å². The molecule has 0 radical (unpaired) electrons. The zero-order valence-corrected chi connectivity index (χ0v) is 15.4. The molecule has 0 amide bonds. The van der Waals surface area contributed by atoms with E-state index in [1.165, 1.54) is 5.56 Å². The van der Waals surface area contributed by atoms with Crippen molar-refractivity contribution < 1.29 is 4.52 Å². The molecule has 6 nitrogen and oxygen atoms in total. The second-order valence-corrected chi connectivity index (χ2v) is 7.31. The summed E-state index contributed by atoms with van der Waals surface area (Å²) in [6, 6.07) is 10.8. The Morgan fingerprint density at radius 1 is 1.32 bits per heavy atom. The van der Waals surface area contributed by atoms with Crippen LogP contribution < -0.4 is 0 Å². The number of hydrogen-bond acceptors (Lipinski definition) is 6. The van der Waals surface area contributed by atoms with Gasteiger partial charge in [-0.3, -0.25) is 9.80 Å². The van der Waals surface area contributed by atoms with E-state index in [4.69, 9.17) is 4.52 Å². The third-order valence-corrected chi connectivity index (χ3v) is 4.92. The third kappa shape index (κ3) is 3.73. The Morgan fingerprint density at radius 2 is 2.08 bits per heavy atom. The summed E-state index contributed by atoms with van der Waals surface area (Å²) in [6.45, 7) is 9.35. The van der Waals surface area contributed by atoms with Gasteiger partial charge in [-0.1, -0.05) is 29.4 Å². The Labute approximate surface area is 149 Å². The monoisotopic (exact) mass is 339 g/mol. The molecule has 2 heterocycles. The van der Waals surface area contributed by atoms with Crippen molar-refractivity contribution in [2.45, 2.75) is 38.8 Å². The van der Waals surface area contributed by atoms with E-state index in [9.17, 15) is 5.26 Å². The summed E-state index contributed by atoms with van der Waals surface area (Å²) in [4.78, 5) is 9.06. The molecule has 3 rings (SSSR count). The highest BCUT2D eigenvalue weighted by Crippen LogP contribution is 2.29. The Kier molecular flexibility index (Phi) is 4.89. The van der Waals surface area contributed by atoms with Crippen molar-refractivity contribution in [3.05, 3.63) is 47.1 Å². The minimum absolute atomic E-state index is 0.103. The van der Waals surface area contributed by atoms with Crippen LogP contribution >= 0.6 is 0 Å². The Balaban J connectivity index is 1.79. The molecule has 0 saturated carbocycles. The maximum absolute atomic E-state index is 9.51. The first-order chi connectivity index (χ1) is 11.9. The van der Waals surface area contributed by atoms with E-state index in [0.29, 0.717) is 11.7 Å². The Bertz CT molecular complexity index is 776. The van der Waals surface area contributed by atoms with E-state index < -0.39 is 5.41 Å². The van der Waals surface area contributed by atoms with Gasteiger partial charge in [0, 0.05) is 26.2 Å². The first-order valence-corrected chi connectivity index (χ1v) is 8.63. The number of nitrogens with zero attached hydrogens (tertiary/aromatic N) is 5. The number of nitriles is 1. The molecular formula is C19H25N5O. The fourth-order valence-electron chi connectivity index (χ4n) is 3.36. The lowest BCUT2D eigenvalue weighted by Gasteiger charge is -2.38. The van der Waals surface area contributed by atoms with Crippen LogP contribution in [0.4, 0.5) is 0 Å². The fourth-order valence-corrected chi connectivity index (χ4v) is 3.36. The van der Waals surface area contributed by atoms with Gasteiger partial charge in [0.15, 0.2) is 5.82 Å². The Hall–Kier alpha value is -2.23.